The molecule has 2 unspecified atom stereocenters. The van der Waals surface area contributed by atoms with Crippen LogP contribution in [-0.2, 0) is 14.8 Å². The van der Waals surface area contributed by atoms with E-state index in [-0.39, 0.29) is 16.5 Å². The number of ether oxygens (including phenoxy) is 1. The summed E-state index contributed by atoms with van der Waals surface area (Å²) in [4.78, 5) is 11.6. The van der Waals surface area contributed by atoms with Gasteiger partial charge in [0.2, 0.25) is 10.0 Å². The lowest BCUT2D eigenvalue weighted by Gasteiger charge is -2.14. The number of sulfonamides is 1. The number of rotatable bonds is 4. The summed E-state index contributed by atoms with van der Waals surface area (Å²) in [6.45, 7) is 2.11. The summed E-state index contributed by atoms with van der Waals surface area (Å²) in [5, 5.41) is 0. The normalized spacial score (nSPS) is 22.7. The fourth-order valence-electron chi connectivity index (χ4n) is 2.58. The van der Waals surface area contributed by atoms with Crippen LogP contribution in [0.3, 0.4) is 0 Å². The summed E-state index contributed by atoms with van der Waals surface area (Å²) in [7, 11) is -2.47. The lowest BCUT2D eigenvalue weighted by molar-refractivity contribution is 0.0596. The average molecular weight is 297 g/mol. The zero-order chi connectivity index (χ0) is 14.8. The van der Waals surface area contributed by atoms with Gasteiger partial charge >= 0.3 is 5.97 Å². The van der Waals surface area contributed by atoms with Crippen LogP contribution in [0.25, 0.3) is 0 Å². The van der Waals surface area contributed by atoms with Crippen molar-refractivity contribution in [3.8, 4) is 0 Å². The van der Waals surface area contributed by atoms with Crippen molar-refractivity contribution in [1.82, 2.24) is 4.72 Å². The monoisotopic (exact) mass is 297 g/mol. The molecule has 6 heteroatoms. The fraction of sp³-hybridized carbons (Fsp3) is 0.500. The van der Waals surface area contributed by atoms with Gasteiger partial charge in [-0.05, 0) is 37.3 Å². The second-order valence-corrected chi connectivity index (χ2v) is 6.91. The molecule has 0 spiro atoms. The van der Waals surface area contributed by atoms with Gasteiger partial charge in [-0.25, -0.2) is 17.9 Å². The fourth-order valence-corrected chi connectivity index (χ4v) is 4.06. The Kier molecular flexibility index (Phi) is 4.45. The third-order valence-electron chi connectivity index (χ3n) is 3.60. The van der Waals surface area contributed by atoms with Crippen LogP contribution in [0.2, 0.25) is 0 Å². The minimum absolute atomic E-state index is 0.0218. The van der Waals surface area contributed by atoms with Crippen LogP contribution < -0.4 is 4.72 Å². The molecule has 20 heavy (non-hydrogen) atoms. The van der Waals surface area contributed by atoms with E-state index in [1.807, 2.05) is 0 Å². The highest BCUT2D eigenvalue weighted by Crippen LogP contribution is 2.26. The molecule has 0 bridgehead atoms. The van der Waals surface area contributed by atoms with Crippen molar-refractivity contribution in [2.45, 2.75) is 37.1 Å². The molecule has 2 rings (SSSR count). The summed E-state index contributed by atoms with van der Waals surface area (Å²) in [5.41, 5.74) is 0.0635. The van der Waals surface area contributed by atoms with E-state index in [0.29, 0.717) is 5.92 Å². The standard InChI is InChI=1S/C14H19NO4S/c1-10-7-8-11(9-10)15-20(17,18)13-6-4-3-5-12(13)14(16)19-2/h3-6,10-11,15H,7-9H2,1-2H3. The Labute approximate surface area is 119 Å². The maximum absolute atomic E-state index is 12.4. The Morgan fingerprint density at radius 2 is 2.00 bits per heavy atom. The highest BCUT2D eigenvalue weighted by Gasteiger charge is 2.29. The largest absolute Gasteiger partial charge is 0.465 e. The van der Waals surface area contributed by atoms with E-state index in [4.69, 9.17) is 0 Å². The molecule has 5 nitrogen and oxygen atoms in total. The van der Waals surface area contributed by atoms with Crippen LogP contribution >= 0.6 is 0 Å². The molecule has 1 N–H and O–H groups in total. The van der Waals surface area contributed by atoms with E-state index in [0.717, 1.165) is 19.3 Å². The minimum atomic E-state index is -3.70. The van der Waals surface area contributed by atoms with Crippen LogP contribution in [0.15, 0.2) is 29.2 Å². The molecule has 0 heterocycles. The van der Waals surface area contributed by atoms with Crippen molar-refractivity contribution >= 4 is 16.0 Å². The maximum Gasteiger partial charge on any atom is 0.339 e. The molecule has 1 fully saturated rings. The lowest BCUT2D eigenvalue weighted by Crippen LogP contribution is -2.33. The van der Waals surface area contributed by atoms with Crippen LogP contribution in [0.4, 0.5) is 0 Å². The Balaban J connectivity index is 2.28. The highest BCUT2D eigenvalue weighted by atomic mass is 32.2. The SMILES string of the molecule is COC(=O)c1ccccc1S(=O)(=O)NC1CCC(C)C1. The highest BCUT2D eigenvalue weighted by molar-refractivity contribution is 7.89. The summed E-state index contributed by atoms with van der Waals surface area (Å²) in [6, 6.07) is 6.03. The molecule has 0 saturated heterocycles. The summed E-state index contributed by atoms with van der Waals surface area (Å²) < 4.78 is 32.1. The number of nitrogens with one attached hydrogen (secondary N) is 1. The topological polar surface area (TPSA) is 72.5 Å². The first-order valence-corrected chi connectivity index (χ1v) is 8.12. The predicted molar refractivity (Wildman–Crippen MR) is 74.9 cm³/mol. The van der Waals surface area contributed by atoms with Crippen molar-refractivity contribution in [1.29, 1.82) is 0 Å². The Morgan fingerprint density at radius 3 is 2.60 bits per heavy atom. The van der Waals surface area contributed by atoms with Gasteiger partial charge in [-0.1, -0.05) is 19.1 Å². The van der Waals surface area contributed by atoms with Crippen molar-refractivity contribution < 1.29 is 17.9 Å². The molecule has 2 atom stereocenters. The molecular weight excluding hydrogens is 278 g/mol. The van der Waals surface area contributed by atoms with Crippen molar-refractivity contribution in [3.05, 3.63) is 29.8 Å². The first-order chi connectivity index (χ1) is 9.44. The molecule has 0 aromatic heterocycles. The van der Waals surface area contributed by atoms with Gasteiger partial charge in [-0.15, -0.1) is 0 Å². The molecule has 1 aliphatic rings. The van der Waals surface area contributed by atoms with Crippen LogP contribution in [0, 0.1) is 5.92 Å². The number of esters is 1. The number of benzene rings is 1. The van der Waals surface area contributed by atoms with Gasteiger partial charge in [0.1, 0.15) is 0 Å². The van der Waals surface area contributed by atoms with Gasteiger partial charge in [-0.2, -0.15) is 0 Å². The third-order valence-corrected chi connectivity index (χ3v) is 5.18. The lowest BCUT2D eigenvalue weighted by atomic mass is 10.1. The maximum atomic E-state index is 12.4. The Hall–Kier alpha value is -1.40. The summed E-state index contributed by atoms with van der Waals surface area (Å²) >= 11 is 0. The van der Waals surface area contributed by atoms with Gasteiger partial charge in [-0.3, -0.25) is 0 Å². The van der Waals surface area contributed by atoms with E-state index in [1.54, 1.807) is 12.1 Å². The number of methoxy groups -OCH3 is 1. The molecule has 1 saturated carbocycles. The second kappa shape index (κ2) is 5.93. The van der Waals surface area contributed by atoms with E-state index >= 15 is 0 Å². The molecule has 0 aliphatic heterocycles. The predicted octanol–water partition coefficient (Wildman–Crippen LogP) is 1.94. The molecule has 110 valence electrons. The molecule has 1 aliphatic carbocycles. The molecule has 1 aromatic rings. The van der Waals surface area contributed by atoms with Gasteiger partial charge in [0, 0.05) is 6.04 Å². The Morgan fingerprint density at radius 1 is 1.30 bits per heavy atom. The van der Waals surface area contributed by atoms with Crippen LogP contribution in [-0.4, -0.2) is 27.5 Å². The molecular formula is C14H19NO4S. The average Bonchev–Trinajstić information content (AvgIpc) is 2.82. The molecule has 0 amide bonds. The van der Waals surface area contributed by atoms with Crippen molar-refractivity contribution in [2.24, 2.45) is 5.92 Å². The number of carbonyl (C=O) groups excluding carboxylic acids is 1. The van der Waals surface area contributed by atoms with E-state index in [1.165, 1.54) is 19.2 Å². The molecule has 1 aromatic carbocycles. The van der Waals surface area contributed by atoms with Crippen LogP contribution in [0.1, 0.15) is 36.5 Å². The number of carbonyl (C=O) groups is 1. The summed E-state index contributed by atoms with van der Waals surface area (Å²) in [6.07, 6.45) is 2.69. The van der Waals surface area contributed by atoms with Crippen LogP contribution in [0.5, 0.6) is 0 Å². The van der Waals surface area contributed by atoms with Crippen molar-refractivity contribution in [3.63, 3.8) is 0 Å². The first-order valence-electron chi connectivity index (χ1n) is 6.63. The zero-order valence-corrected chi connectivity index (χ0v) is 12.4. The third kappa shape index (κ3) is 3.19. The van der Waals surface area contributed by atoms with Gasteiger partial charge in [0.25, 0.3) is 0 Å². The van der Waals surface area contributed by atoms with E-state index < -0.39 is 16.0 Å². The van der Waals surface area contributed by atoms with Gasteiger partial charge < -0.3 is 4.74 Å². The minimum Gasteiger partial charge on any atom is -0.465 e. The second-order valence-electron chi connectivity index (χ2n) is 5.22. The van der Waals surface area contributed by atoms with E-state index in [2.05, 4.69) is 16.4 Å². The molecule has 0 radical (unpaired) electrons. The quantitative estimate of drug-likeness (QED) is 0.862. The smallest absolute Gasteiger partial charge is 0.339 e. The van der Waals surface area contributed by atoms with Gasteiger partial charge in [0.15, 0.2) is 0 Å². The summed E-state index contributed by atoms with van der Waals surface area (Å²) in [5.74, 6) is -0.121. The van der Waals surface area contributed by atoms with Crippen molar-refractivity contribution in [2.75, 3.05) is 7.11 Å². The zero-order valence-electron chi connectivity index (χ0n) is 11.6. The van der Waals surface area contributed by atoms with Gasteiger partial charge in [0.05, 0.1) is 17.6 Å². The first kappa shape index (κ1) is 15.0. The number of hydrogen-bond donors (Lipinski definition) is 1. The number of hydrogen-bond acceptors (Lipinski definition) is 4. The Bertz CT molecular complexity index is 597. The van der Waals surface area contributed by atoms with E-state index in [9.17, 15) is 13.2 Å².